The normalized spacial score (nSPS) is 11.3. The van der Waals surface area contributed by atoms with E-state index in [4.69, 9.17) is 0 Å². The van der Waals surface area contributed by atoms with Crippen LogP contribution in [0.4, 0.5) is 17.1 Å². The quantitative estimate of drug-likeness (QED) is 0.621. The Morgan fingerprint density at radius 3 is 1.19 bits per heavy atom. The van der Waals surface area contributed by atoms with Crippen molar-refractivity contribution in [2.75, 3.05) is 0 Å². The zero-order valence-corrected chi connectivity index (χ0v) is 12.3. The summed E-state index contributed by atoms with van der Waals surface area (Å²) in [6.45, 7) is 7.97. The molecule has 0 amide bonds. The standard InChI is InChI=1S/C12H15N3O6/c1-6-8(12(3,4)5)7(2)10(14(18)19)11(15(20)21)9(6)13(16)17/h1-5H3. The summed E-state index contributed by atoms with van der Waals surface area (Å²) in [5, 5.41) is 33.5. The zero-order valence-electron chi connectivity index (χ0n) is 12.3. The van der Waals surface area contributed by atoms with Gasteiger partial charge in [0, 0.05) is 11.1 Å². The average molecular weight is 297 g/mol. The maximum atomic E-state index is 11.2. The van der Waals surface area contributed by atoms with Crippen molar-refractivity contribution in [3.05, 3.63) is 47.0 Å². The Morgan fingerprint density at radius 1 is 0.714 bits per heavy atom. The fourth-order valence-electron chi connectivity index (χ4n) is 2.73. The first-order valence-corrected chi connectivity index (χ1v) is 6.02. The third-order valence-corrected chi connectivity index (χ3v) is 3.21. The van der Waals surface area contributed by atoms with Crippen molar-refractivity contribution in [1.82, 2.24) is 0 Å². The minimum absolute atomic E-state index is 0.0855. The van der Waals surface area contributed by atoms with Crippen molar-refractivity contribution in [1.29, 1.82) is 0 Å². The minimum Gasteiger partial charge on any atom is -0.258 e. The number of hydrogen-bond donors (Lipinski definition) is 0. The molecule has 0 aromatic heterocycles. The van der Waals surface area contributed by atoms with E-state index in [1.54, 1.807) is 20.8 Å². The van der Waals surface area contributed by atoms with Crippen LogP contribution in [0.15, 0.2) is 0 Å². The maximum absolute atomic E-state index is 11.2. The van der Waals surface area contributed by atoms with Crippen LogP contribution in [0.2, 0.25) is 0 Å². The van der Waals surface area contributed by atoms with E-state index in [1.165, 1.54) is 13.8 Å². The van der Waals surface area contributed by atoms with Gasteiger partial charge < -0.3 is 0 Å². The smallest absolute Gasteiger partial charge is 0.258 e. The van der Waals surface area contributed by atoms with Crippen molar-refractivity contribution < 1.29 is 14.8 Å². The number of nitro groups is 3. The molecule has 1 rings (SSSR count). The van der Waals surface area contributed by atoms with E-state index in [1.807, 2.05) is 0 Å². The zero-order chi connectivity index (χ0) is 16.7. The van der Waals surface area contributed by atoms with E-state index in [9.17, 15) is 30.3 Å². The summed E-state index contributed by atoms with van der Waals surface area (Å²) in [5.41, 5.74) is -2.77. The number of rotatable bonds is 3. The molecule has 0 saturated carbocycles. The number of nitro benzene ring substituents is 3. The van der Waals surface area contributed by atoms with Gasteiger partial charge in [0.25, 0.3) is 0 Å². The van der Waals surface area contributed by atoms with Crippen LogP contribution in [0.25, 0.3) is 0 Å². The van der Waals surface area contributed by atoms with Gasteiger partial charge >= 0.3 is 17.1 Å². The highest BCUT2D eigenvalue weighted by molar-refractivity contribution is 5.75. The second-order valence-corrected chi connectivity index (χ2v) is 5.69. The maximum Gasteiger partial charge on any atom is 0.422 e. The van der Waals surface area contributed by atoms with Crippen molar-refractivity contribution in [2.45, 2.75) is 40.0 Å². The molecule has 21 heavy (non-hydrogen) atoms. The van der Waals surface area contributed by atoms with Gasteiger partial charge in [-0.25, -0.2) is 0 Å². The largest absolute Gasteiger partial charge is 0.422 e. The fraction of sp³-hybridized carbons (Fsp3) is 0.500. The monoisotopic (exact) mass is 297 g/mol. The molecule has 0 aliphatic heterocycles. The minimum atomic E-state index is -1.07. The predicted octanol–water partition coefficient (Wildman–Crippen LogP) is 3.33. The summed E-state index contributed by atoms with van der Waals surface area (Å²) in [6.07, 6.45) is 0. The molecule has 0 unspecified atom stereocenters. The Kier molecular flexibility index (Phi) is 3.98. The van der Waals surface area contributed by atoms with Gasteiger partial charge in [-0.3, -0.25) is 30.3 Å². The first kappa shape index (κ1) is 16.5. The lowest BCUT2D eigenvalue weighted by Gasteiger charge is -2.23. The van der Waals surface area contributed by atoms with Crippen molar-refractivity contribution in [3.63, 3.8) is 0 Å². The highest BCUT2D eigenvalue weighted by atomic mass is 16.6. The van der Waals surface area contributed by atoms with Crippen molar-refractivity contribution in [3.8, 4) is 0 Å². The molecule has 0 radical (unpaired) electrons. The average Bonchev–Trinajstić information content (AvgIpc) is 2.24. The highest BCUT2D eigenvalue weighted by Crippen LogP contribution is 2.46. The molecular formula is C12H15N3O6. The molecule has 0 heterocycles. The summed E-state index contributed by atoms with van der Waals surface area (Å²) in [6, 6.07) is 0. The van der Waals surface area contributed by atoms with Crippen LogP contribution < -0.4 is 0 Å². The van der Waals surface area contributed by atoms with Gasteiger partial charge in [0.1, 0.15) is 0 Å². The van der Waals surface area contributed by atoms with E-state index in [2.05, 4.69) is 0 Å². The van der Waals surface area contributed by atoms with Crippen molar-refractivity contribution >= 4 is 17.1 Å². The summed E-state index contributed by atoms with van der Waals surface area (Å²) < 4.78 is 0. The summed E-state index contributed by atoms with van der Waals surface area (Å²) in [5.74, 6) is 0. The Bertz CT molecular complexity index is 619. The molecule has 1 aromatic rings. The first-order chi connectivity index (χ1) is 9.41. The Hall–Kier alpha value is -2.58. The van der Waals surface area contributed by atoms with Crippen molar-refractivity contribution in [2.24, 2.45) is 0 Å². The van der Waals surface area contributed by atoms with Crippen LogP contribution in [-0.2, 0) is 5.41 Å². The third kappa shape index (κ3) is 2.67. The van der Waals surface area contributed by atoms with Crippen LogP contribution in [0, 0.1) is 44.2 Å². The molecule has 0 saturated heterocycles. The predicted molar refractivity (Wildman–Crippen MR) is 74.6 cm³/mol. The number of hydrogen-bond acceptors (Lipinski definition) is 6. The SMILES string of the molecule is Cc1c([N+](=O)[O-])c([N+](=O)[O-])c([N+](=O)[O-])c(C)c1C(C)(C)C. The van der Waals surface area contributed by atoms with E-state index in [0.717, 1.165) is 0 Å². The summed E-state index contributed by atoms with van der Waals surface area (Å²) >= 11 is 0. The molecule has 0 aliphatic carbocycles. The van der Waals surface area contributed by atoms with Gasteiger partial charge in [-0.05, 0) is 24.8 Å². The van der Waals surface area contributed by atoms with Gasteiger partial charge in [-0.2, -0.15) is 0 Å². The lowest BCUT2D eigenvalue weighted by Crippen LogP contribution is -2.18. The molecule has 0 fully saturated rings. The van der Waals surface area contributed by atoms with E-state index in [0.29, 0.717) is 5.56 Å². The Morgan fingerprint density at radius 2 is 1.00 bits per heavy atom. The van der Waals surface area contributed by atoms with Crippen LogP contribution in [0.1, 0.15) is 37.5 Å². The summed E-state index contributed by atoms with van der Waals surface area (Å²) in [4.78, 5) is 30.6. The second-order valence-electron chi connectivity index (χ2n) is 5.69. The van der Waals surface area contributed by atoms with Crippen LogP contribution in [0.3, 0.4) is 0 Å². The Labute approximate surface area is 120 Å². The molecule has 9 nitrogen and oxygen atoms in total. The first-order valence-electron chi connectivity index (χ1n) is 6.02. The van der Waals surface area contributed by atoms with Crippen LogP contribution in [0.5, 0.6) is 0 Å². The molecule has 0 aliphatic rings. The van der Waals surface area contributed by atoms with Crippen LogP contribution >= 0.6 is 0 Å². The highest BCUT2D eigenvalue weighted by Gasteiger charge is 2.43. The van der Waals surface area contributed by atoms with Gasteiger partial charge in [0.15, 0.2) is 0 Å². The number of nitrogens with zero attached hydrogens (tertiary/aromatic N) is 3. The molecule has 0 N–H and O–H groups in total. The topological polar surface area (TPSA) is 129 Å². The van der Waals surface area contributed by atoms with E-state index < -0.39 is 37.2 Å². The fourth-order valence-corrected chi connectivity index (χ4v) is 2.73. The molecule has 9 heteroatoms. The van der Waals surface area contributed by atoms with Gasteiger partial charge in [0.2, 0.25) is 0 Å². The second kappa shape index (κ2) is 5.08. The van der Waals surface area contributed by atoms with Gasteiger partial charge in [-0.15, -0.1) is 0 Å². The van der Waals surface area contributed by atoms with Gasteiger partial charge in [0.05, 0.1) is 14.8 Å². The molecule has 114 valence electrons. The molecule has 0 atom stereocenters. The van der Waals surface area contributed by atoms with Crippen LogP contribution in [-0.4, -0.2) is 14.8 Å². The summed E-state index contributed by atoms with van der Waals surface area (Å²) in [7, 11) is 0. The Balaban J connectivity index is 4.15. The van der Waals surface area contributed by atoms with E-state index in [-0.39, 0.29) is 11.1 Å². The molecule has 0 bridgehead atoms. The molecular weight excluding hydrogens is 282 g/mol. The third-order valence-electron chi connectivity index (χ3n) is 3.21. The lowest BCUT2D eigenvalue weighted by atomic mass is 9.79. The molecule has 1 aromatic carbocycles. The molecule has 0 spiro atoms. The number of benzene rings is 1. The van der Waals surface area contributed by atoms with E-state index >= 15 is 0 Å². The lowest BCUT2D eigenvalue weighted by molar-refractivity contribution is -0.441. The van der Waals surface area contributed by atoms with Gasteiger partial charge in [-0.1, -0.05) is 20.8 Å².